The molecule has 0 fully saturated rings. The van der Waals surface area contributed by atoms with Gasteiger partial charge in [-0.2, -0.15) is 0 Å². The lowest BCUT2D eigenvalue weighted by Gasteiger charge is -2.33. The van der Waals surface area contributed by atoms with Crippen molar-refractivity contribution in [3.8, 4) is 0 Å². The molecule has 2 heterocycles. The number of nitrogens with zero attached hydrogens (tertiary/aromatic N) is 4. The maximum absolute atomic E-state index is 13.3. The Labute approximate surface area is 414 Å². The van der Waals surface area contributed by atoms with Gasteiger partial charge >= 0.3 is 0 Å². The molecular formula is C49H67Cl4N7O4S2. The molecular weight excluding hydrogens is 957 g/mol. The quantitative estimate of drug-likeness (QED) is 0.0557. The predicted octanol–water partition coefficient (Wildman–Crippen LogP) is 9.02. The van der Waals surface area contributed by atoms with Gasteiger partial charge < -0.3 is 25.3 Å². The molecule has 362 valence electrons. The number of hydrogen-bond donors (Lipinski definition) is 3. The van der Waals surface area contributed by atoms with Crippen molar-refractivity contribution in [2.45, 2.75) is 86.6 Å². The second-order valence-corrected chi connectivity index (χ2v) is 23.2. The Bertz CT molecular complexity index is 2260. The number of halogens is 4. The molecule has 66 heavy (non-hydrogen) atoms. The summed E-state index contributed by atoms with van der Waals surface area (Å²) in [7, 11) is -3.26. The van der Waals surface area contributed by atoms with Gasteiger partial charge in [0, 0.05) is 71.2 Å². The van der Waals surface area contributed by atoms with Crippen LogP contribution in [0.4, 0.5) is 0 Å². The molecule has 0 aliphatic carbocycles. The van der Waals surface area contributed by atoms with Crippen molar-refractivity contribution in [2.75, 3.05) is 86.1 Å². The molecule has 0 amide bonds. The summed E-state index contributed by atoms with van der Waals surface area (Å²) in [5, 5.41) is 2.48. The molecule has 17 heteroatoms. The van der Waals surface area contributed by atoms with Crippen LogP contribution in [0.3, 0.4) is 0 Å². The second-order valence-electron chi connectivity index (χ2n) is 17.9. The number of unbranched alkanes of at least 4 members (excludes halogenated alkanes) is 2. The first-order valence-electron chi connectivity index (χ1n) is 23.2. The molecule has 2 aliphatic heterocycles. The van der Waals surface area contributed by atoms with Crippen LogP contribution < -0.4 is 15.2 Å². The van der Waals surface area contributed by atoms with Crippen LogP contribution in [0.5, 0.6) is 0 Å². The van der Waals surface area contributed by atoms with Crippen LogP contribution in [-0.4, -0.2) is 123 Å². The highest BCUT2D eigenvalue weighted by atomic mass is 35.5. The fourth-order valence-corrected chi connectivity index (χ4v) is 12.5. The normalized spacial score (nSPS) is 17.1. The van der Waals surface area contributed by atoms with E-state index in [-0.39, 0.29) is 21.6 Å². The SMILES string of the molecule is CCCCN(CCCCN(CCCN)CCCNS(=O)(=O)c1ccc(C2CN(C)Cc3c(Cl)cc(Cl)cc32)cc1)CCCNS(=O)(=O)c1ccc(C2CN(C)Cc3c(Cl)cc(Cl)cc32)cc1. The number of nitrogens with one attached hydrogen (secondary N) is 2. The van der Waals surface area contributed by atoms with E-state index in [1.807, 2.05) is 36.4 Å². The Balaban J connectivity index is 0.926. The number of likely N-dealkylation sites (N-methyl/N-ethyl adjacent to an activating group) is 2. The predicted molar refractivity (Wildman–Crippen MR) is 272 cm³/mol. The summed E-state index contributed by atoms with van der Waals surface area (Å²) in [4.78, 5) is 9.73. The average molecular weight is 1020 g/mol. The van der Waals surface area contributed by atoms with Gasteiger partial charge in [0.15, 0.2) is 0 Å². The summed E-state index contributed by atoms with van der Waals surface area (Å²) in [6, 6.07) is 21.8. The molecule has 0 saturated carbocycles. The molecule has 2 atom stereocenters. The second kappa shape index (κ2) is 25.0. The van der Waals surface area contributed by atoms with Crippen molar-refractivity contribution in [3.63, 3.8) is 0 Å². The Morgan fingerprint density at radius 2 is 0.955 bits per heavy atom. The number of rotatable bonds is 25. The van der Waals surface area contributed by atoms with Gasteiger partial charge in [-0.05, 0) is 180 Å². The minimum atomic E-state index is -3.69. The van der Waals surface area contributed by atoms with Crippen LogP contribution in [0.25, 0.3) is 0 Å². The van der Waals surface area contributed by atoms with Gasteiger partial charge in [-0.3, -0.25) is 0 Å². The van der Waals surface area contributed by atoms with E-state index >= 15 is 0 Å². The molecule has 0 spiro atoms. The number of nitrogens with two attached hydrogens (primary N) is 1. The van der Waals surface area contributed by atoms with Crippen LogP contribution in [0.1, 0.15) is 97.1 Å². The van der Waals surface area contributed by atoms with Crippen molar-refractivity contribution in [1.82, 2.24) is 29.0 Å². The van der Waals surface area contributed by atoms with Crippen LogP contribution >= 0.6 is 46.4 Å². The first-order valence-corrected chi connectivity index (χ1v) is 27.7. The van der Waals surface area contributed by atoms with E-state index in [1.54, 1.807) is 36.4 Å². The molecule has 0 saturated heterocycles. The molecule has 4 aromatic rings. The lowest BCUT2D eigenvalue weighted by Crippen LogP contribution is -2.33. The van der Waals surface area contributed by atoms with Gasteiger partial charge in [-0.15, -0.1) is 0 Å². The van der Waals surface area contributed by atoms with E-state index in [4.69, 9.17) is 52.1 Å². The molecule has 6 rings (SSSR count). The van der Waals surface area contributed by atoms with Crippen LogP contribution in [0.2, 0.25) is 20.1 Å². The third-order valence-corrected chi connectivity index (χ3v) is 16.8. The highest BCUT2D eigenvalue weighted by Crippen LogP contribution is 2.40. The van der Waals surface area contributed by atoms with E-state index in [2.05, 4.69) is 50.1 Å². The highest BCUT2D eigenvalue weighted by molar-refractivity contribution is 7.89. The first-order chi connectivity index (χ1) is 31.6. The molecule has 0 radical (unpaired) electrons. The monoisotopic (exact) mass is 1020 g/mol. The Hall–Kier alpha value is -2.34. The number of benzene rings is 4. The summed E-state index contributed by atoms with van der Waals surface area (Å²) in [6.07, 6.45) is 6.42. The van der Waals surface area contributed by atoms with Gasteiger partial charge in [-0.25, -0.2) is 26.3 Å². The molecule has 0 bridgehead atoms. The summed E-state index contributed by atoms with van der Waals surface area (Å²) in [5.74, 6) is 0.0601. The number of hydrogen-bond acceptors (Lipinski definition) is 9. The smallest absolute Gasteiger partial charge is 0.240 e. The van der Waals surface area contributed by atoms with Crippen molar-refractivity contribution < 1.29 is 16.8 Å². The molecule has 2 unspecified atom stereocenters. The van der Waals surface area contributed by atoms with E-state index in [0.717, 1.165) is 131 Å². The summed E-state index contributed by atoms with van der Waals surface area (Å²) < 4.78 is 58.9. The Morgan fingerprint density at radius 1 is 0.576 bits per heavy atom. The van der Waals surface area contributed by atoms with E-state index in [0.29, 0.717) is 52.6 Å². The average Bonchev–Trinajstić information content (AvgIpc) is 3.28. The van der Waals surface area contributed by atoms with E-state index in [1.165, 1.54) is 0 Å². The first kappa shape index (κ1) is 53.0. The van der Waals surface area contributed by atoms with Crippen molar-refractivity contribution >= 4 is 66.5 Å². The van der Waals surface area contributed by atoms with Crippen LogP contribution in [-0.2, 0) is 33.1 Å². The van der Waals surface area contributed by atoms with Gasteiger partial charge in [0.1, 0.15) is 0 Å². The van der Waals surface area contributed by atoms with Crippen molar-refractivity contribution in [2.24, 2.45) is 5.73 Å². The van der Waals surface area contributed by atoms with Gasteiger partial charge in [0.25, 0.3) is 0 Å². The maximum atomic E-state index is 13.3. The highest BCUT2D eigenvalue weighted by Gasteiger charge is 2.29. The minimum Gasteiger partial charge on any atom is -0.330 e. The van der Waals surface area contributed by atoms with E-state index < -0.39 is 20.0 Å². The molecule has 2 aliphatic rings. The lowest BCUT2D eigenvalue weighted by atomic mass is 9.85. The zero-order valence-corrected chi connectivity index (χ0v) is 43.2. The molecule has 0 aromatic heterocycles. The topological polar surface area (TPSA) is 131 Å². The zero-order chi connectivity index (χ0) is 47.4. The third kappa shape index (κ3) is 14.6. The number of sulfonamides is 2. The minimum absolute atomic E-state index is 0.0281. The fourth-order valence-electron chi connectivity index (χ4n) is 9.24. The van der Waals surface area contributed by atoms with Crippen molar-refractivity contribution in [1.29, 1.82) is 0 Å². The maximum Gasteiger partial charge on any atom is 0.240 e. The van der Waals surface area contributed by atoms with Crippen LogP contribution in [0.15, 0.2) is 82.6 Å². The third-order valence-electron chi connectivity index (χ3n) is 12.8. The van der Waals surface area contributed by atoms with Gasteiger partial charge in [-0.1, -0.05) is 84.0 Å². The standard InChI is InChI=1S/C49H67Cl4N7O4S2/c1-4-5-22-59(26-9-20-55-65(61,62)40-15-11-36(12-16-40)44-32-57(2)34-46-42(44)28-38(50)30-48(46)52)23-6-7-24-60(25-8-19-54)27-10-21-56-66(63,64)41-17-13-37(14-18-41)45-33-58(3)35-47-43(45)29-39(51)31-49(47)53/h11-18,28-31,44-45,55-56H,4-10,19-27,32-35,54H2,1-3H3. The molecule has 4 N–H and O–H groups in total. The summed E-state index contributed by atoms with van der Waals surface area (Å²) in [6.45, 7) is 11.7. The largest absolute Gasteiger partial charge is 0.330 e. The molecule has 4 aromatic carbocycles. The lowest BCUT2D eigenvalue weighted by molar-refractivity contribution is 0.235. The fraction of sp³-hybridized carbons (Fsp3) is 0.510. The number of fused-ring (bicyclic) bond motifs is 2. The molecule has 11 nitrogen and oxygen atoms in total. The van der Waals surface area contributed by atoms with Crippen LogP contribution in [0, 0.1) is 0 Å². The van der Waals surface area contributed by atoms with Gasteiger partial charge in [0.2, 0.25) is 20.0 Å². The van der Waals surface area contributed by atoms with Crippen molar-refractivity contribution in [3.05, 3.63) is 126 Å². The Kier molecular flexibility index (Phi) is 20.1. The Morgan fingerprint density at radius 3 is 1.35 bits per heavy atom. The summed E-state index contributed by atoms with van der Waals surface area (Å²) in [5.41, 5.74) is 12.2. The summed E-state index contributed by atoms with van der Waals surface area (Å²) >= 11 is 25.9. The zero-order valence-electron chi connectivity index (χ0n) is 38.6. The van der Waals surface area contributed by atoms with Gasteiger partial charge in [0.05, 0.1) is 9.79 Å². The van der Waals surface area contributed by atoms with E-state index in [9.17, 15) is 16.8 Å².